The Morgan fingerprint density at radius 1 is 1.05 bits per heavy atom. The molecule has 0 aliphatic heterocycles. The highest BCUT2D eigenvalue weighted by Gasteiger charge is 2.03. The highest BCUT2D eigenvalue weighted by atomic mass is 16.2. The zero-order chi connectivity index (χ0) is 13.8. The number of hydrogen-bond donors (Lipinski definition) is 1. The lowest BCUT2D eigenvalue weighted by Crippen LogP contribution is -2.02. The Hall–Kier alpha value is -2.27. The molecule has 20 heavy (non-hydrogen) atoms. The molecule has 0 saturated carbocycles. The van der Waals surface area contributed by atoms with Crippen LogP contribution in [0.1, 0.15) is 17.8 Å². The van der Waals surface area contributed by atoms with Gasteiger partial charge in [0.05, 0.1) is 23.4 Å². The van der Waals surface area contributed by atoms with Crippen LogP contribution in [0.25, 0.3) is 10.9 Å². The minimum absolute atomic E-state index is 0.180. The number of aliphatic hydroxyl groups excluding tert-OH is 1. The van der Waals surface area contributed by atoms with Gasteiger partial charge in [0, 0.05) is 18.2 Å². The number of para-hydroxylation sites is 1. The topological polar surface area (TPSA) is 63.8 Å². The zero-order valence-electron chi connectivity index (χ0n) is 11.1. The van der Waals surface area contributed by atoms with Crippen molar-refractivity contribution in [1.29, 1.82) is 0 Å². The van der Waals surface area contributed by atoms with Crippen molar-refractivity contribution in [1.82, 2.24) is 20.0 Å². The molecule has 0 spiro atoms. The van der Waals surface area contributed by atoms with Crippen LogP contribution in [0.3, 0.4) is 0 Å². The molecule has 0 unspecified atom stereocenters. The lowest BCUT2D eigenvalue weighted by molar-refractivity contribution is 0.288. The summed E-state index contributed by atoms with van der Waals surface area (Å²) in [5.74, 6) is 0. The van der Waals surface area contributed by atoms with Crippen LogP contribution < -0.4 is 0 Å². The Morgan fingerprint density at radius 2 is 1.95 bits per heavy atom. The summed E-state index contributed by atoms with van der Waals surface area (Å²) in [7, 11) is 0. The fourth-order valence-electron chi connectivity index (χ4n) is 2.15. The highest BCUT2D eigenvalue weighted by Crippen LogP contribution is 2.12. The normalized spacial score (nSPS) is 11.1. The molecule has 0 bridgehead atoms. The second kappa shape index (κ2) is 5.79. The van der Waals surface area contributed by atoms with Gasteiger partial charge in [0.2, 0.25) is 0 Å². The van der Waals surface area contributed by atoms with E-state index in [0.717, 1.165) is 28.7 Å². The summed E-state index contributed by atoms with van der Waals surface area (Å²) in [6.45, 7) is 0.788. The first-order chi connectivity index (χ1) is 9.85. The quantitative estimate of drug-likeness (QED) is 0.766. The molecule has 102 valence electrons. The van der Waals surface area contributed by atoms with Gasteiger partial charge in [-0.15, -0.1) is 5.10 Å². The molecule has 3 aromatic rings. The third-order valence-electron chi connectivity index (χ3n) is 3.16. The van der Waals surface area contributed by atoms with Crippen LogP contribution in [-0.4, -0.2) is 31.7 Å². The summed E-state index contributed by atoms with van der Waals surface area (Å²) < 4.78 is 1.78. The van der Waals surface area contributed by atoms with E-state index in [-0.39, 0.29) is 6.61 Å². The van der Waals surface area contributed by atoms with Gasteiger partial charge in [-0.25, -0.2) is 4.68 Å². The van der Waals surface area contributed by atoms with Gasteiger partial charge in [0.15, 0.2) is 0 Å². The smallest absolute Gasteiger partial charge is 0.0849 e. The molecule has 5 heteroatoms. The number of aromatic nitrogens is 4. The molecule has 0 fully saturated rings. The Balaban J connectivity index is 1.76. The van der Waals surface area contributed by atoms with Gasteiger partial charge in [-0.3, -0.25) is 4.98 Å². The summed E-state index contributed by atoms with van der Waals surface area (Å²) in [5, 5.41) is 18.1. The van der Waals surface area contributed by atoms with Crippen molar-refractivity contribution in [2.45, 2.75) is 19.4 Å². The summed E-state index contributed by atoms with van der Waals surface area (Å²) in [6, 6.07) is 12.1. The first-order valence-corrected chi connectivity index (χ1v) is 6.70. The number of benzene rings is 1. The number of fused-ring (bicyclic) bond motifs is 1. The first-order valence-electron chi connectivity index (χ1n) is 6.70. The Kier molecular flexibility index (Phi) is 3.69. The summed E-state index contributed by atoms with van der Waals surface area (Å²) >= 11 is 0. The molecule has 0 aliphatic rings. The van der Waals surface area contributed by atoms with E-state index in [1.165, 1.54) is 0 Å². The van der Waals surface area contributed by atoms with Gasteiger partial charge < -0.3 is 5.11 Å². The fraction of sp³-hybridized carbons (Fsp3) is 0.267. The molecule has 2 heterocycles. The van der Waals surface area contributed by atoms with Crippen molar-refractivity contribution < 1.29 is 5.11 Å². The van der Waals surface area contributed by atoms with Crippen molar-refractivity contribution in [3.05, 3.63) is 54.0 Å². The van der Waals surface area contributed by atoms with Crippen LogP contribution in [0, 0.1) is 0 Å². The minimum Gasteiger partial charge on any atom is -0.396 e. The molecule has 1 aromatic carbocycles. The highest BCUT2D eigenvalue weighted by molar-refractivity contribution is 5.78. The molecule has 0 radical (unpaired) electrons. The average molecular weight is 268 g/mol. The largest absolute Gasteiger partial charge is 0.396 e. The van der Waals surface area contributed by atoms with Crippen molar-refractivity contribution in [3.8, 4) is 0 Å². The Labute approximate surface area is 116 Å². The fourth-order valence-corrected chi connectivity index (χ4v) is 2.15. The van der Waals surface area contributed by atoms with E-state index in [4.69, 9.17) is 5.11 Å². The van der Waals surface area contributed by atoms with Crippen LogP contribution >= 0.6 is 0 Å². The average Bonchev–Trinajstić information content (AvgIpc) is 2.92. The van der Waals surface area contributed by atoms with Crippen LogP contribution in [0.15, 0.2) is 42.6 Å². The molecule has 1 N–H and O–H groups in total. The van der Waals surface area contributed by atoms with Gasteiger partial charge >= 0.3 is 0 Å². The Morgan fingerprint density at radius 3 is 2.85 bits per heavy atom. The molecule has 5 nitrogen and oxygen atoms in total. The van der Waals surface area contributed by atoms with Gasteiger partial charge in [0.25, 0.3) is 0 Å². The van der Waals surface area contributed by atoms with Gasteiger partial charge in [0.1, 0.15) is 0 Å². The molecule has 0 aliphatic carbocycles. The van der Waals surface area contributed by atoms with E-state index in [0.29, 0.717) is 13.0 Å². The molecule has 0 amide bonds. The predicted octanol–water partition coefficient (Wildman–Crippen LogP) is 1.80. The molecule has 3 rings (SSSR count). The summed E-state index contributed by atoms with van der Waals surface area (Å²) in [6.07, 6.45) is 3.38. The maximum atomic E-state index is 8.81. The number of aryl methyl sites for hydroxylation is 1. The first kappa shape index (κ1) is 12.7. The predicted molar refractivity (Wildman–Crippen MR) is 76.3 cm³/mol. The van der Waals surface area contributed by atoms with E-state index in [2.05, 4.69) is 27.4 Å². The number of nitrogens with zero attached hydrogens (tertiary/aromatic N) is 4. The van der Waals surface area contributed by atoms with Crippen molar-refractivity contribution >= 4 is 10.9 Å². The van der Waals surface area contributed by atoms with Gasteiger partial charge in [-0.05, 0) is 25.0 Å². The van der Waals surface area contributed by atoms with Crippen LogP contribution in [0.2, 0.25) is 0 Å². The summed E-state index contributed by atoms with van der Waals surface area (Å²) in [4.78, 5) is 4.61. The zero-order valence-corrected chi connectivity index (χ0v) is 11.1. The Bertz CT molecular complexity index is 708. The third kappa shape index (κ3) is 2.83. The molecule has 2 aromatic heterocycles. The SMILES string of the molecule is OCCCc1cn(Cc2ccc3ccccc3n2)nn1. The monoisotopic (exact) mass is 268 g/mol. The van der Waals surface area contributed by atoms with Crippen molar-refractivity contribution in [2.24, 2.45) is 0 Å². The lowest BCUT2D eigenvalue weighted by Gasteiger charge is -2.02. The number of pyridine rings is 1. The second-order valence-corrected chi connectivity index (χ2v) is 4.73. The molecular formula is C15H16N4O. The summed E-state index contributed by atoms with van der Waals surface area (Å²) in [5.41, 5.74) is 2.85. The second-order valence-electron chi connectivity index (χ2n) is 4.73. The van der Waals surface area contributed by atoms with Crippen molar-refractivity contribution in [2.75, 3.05) is 6.61 Å². The van der Waals surface area contributed by atoms with Crippen LogP contribution in [0.5, 0.6) is 0 Å². The lowest BCUT2D eigenvalue weighted by atomic mass is 10.2. The van der Waals surface area contributed by atoms with Gasteiger partial charge in [-0.1, -0.05) is 29.5 Å². The van der Waals surface area contributed by atoms with Crippen LogP contribution in [0.4, 0.5) is 0 Å². The van der Waals surface area contributed by atoms with E-state index in [9.17, 15) is 0 Å². The molecular weight excluding hydrogens is 252 g/mol. The van der Waals surface area contributed by atoms with Gasteiger partial charge in [-0.2, -0.15) is 0 Å². The van der Waals surface area contributed by atoms with E-state index in [1.807, 2.05) is 30.5 Å². The minimum atomic E-state index is 0.180. The standard InChI is InChI=1S/C15H16N4O/c20-9-3-5-14-11-19(18-17-14)10-13-8-7-12-4-1-2-6-15(12)16-13/h1-2,4,6-8,11,20H,3,5,9-10H2. The maximum absolute atomic E-state index is 8.81. The van der Waals surface area contributed by atoms with E-state index >= 15 is 0 Å². The number of hydrogen-bond acceptors (Lipinski definition) is 4. The van der Waals surface area contributed by atoms with E-state index in [1.54, 1.807) is 4.68 Å². The molecule has 0 saturated heterocycles. The maximum Gasteiger partial charge on any atom is 0.0849 e. The van der Waals surface area contributed by atoms with Crippen LogP contribution in [-0.2, 0) is 13.0 Å². The molecule has 0 atom stereocenters. The van der Waals surface area contributed by atoms with Crippen molar-refractivity contribution in [3.63, 3.8) is 0 Å². The number of rotatable bonds is 5. The van der Waals surface area contributed by atoms with E-state index < -0.39 is 0 Å². The third-order valence-corrected chi connectivity index (χ3v) is 3.16. The number of aliphatic hydroxyl groups is 1.